The van der Waals surface area contributed by atoms with Gasteiger partial charge in [0.1, 0.15) is 10.6 Å². The Morgan fingerprint density at radius 1 is 1.10 bits per heavy atom. The zero-order valence-corrected chi connectivity index (χ0v) is 19.0. The molecule has 0 fully saturated rings. The third kappa shape index (κ3) is 6.70. The van der Waals surface area contributed by atoms with Gasteiger partial charge in [-0.15, -0.1) is 0 Å². The van der Waals surface area contributed by atoms with E-state index in [1.54, 1.807) is 30.3 Å². The molecule has 0 aliphatic rings. The Hall–Kier alpha value is -2.13. The van der Waals surface area contributed by atoms with Crippen molar-refractivity contribution in [1.29, 1.82) is 0 Å². The van der Waals surface area contributed by atoms with Crippen LogP contribution in [0.2, 0.25) is 5.02 Å². The number of hydrogen-bond donors (Lipinski definition) is 2. The molecule has 30 heavy (non-hydrogen) atoms. The number of sulfonamides is 1. The fourth-order valence-corrected chi connectivity index (χ4v) is 4.19. The summed E-state index contributed by atoms with van der Waals surface area (Å²) in [5, 5.41) is 3.40. The fourth-order valence-electron chi connectivity index (χ4n) is 2.86. The molecule has 2 N–H and O–H groups in total. The molecule has 0 bridgehead atoms. The Morgan fingerprint density at radius 3 is 2.37 bits per heavy atom. The molecule has 1 amide bonds. The van der Waals surface area contributed by atoms with Crippen LogP contribution < -0.4 is 14.8 Å². The maximum absolute atomic E-state index is 12.9. The van der Waals surface area contributed by atoms with E-state index in [0.717, 1.165) is 25.2 Å². The number of rotatable bonds is 11. The first-order chi connectivity index (χ1) is 14.3. The lowest BCUT2D eigenvalue weighted by molar-refractivity contribution is 0.0948. The lowest BCUT2D eigenvalue weighted by atomic mass is 10.2. The van der Waals surface area contributed by atoms with Gasteiger partial charge in [-0.25, -0.2) is 13.1 Å². The van der Waals surface area contributed by atoms with Gasteiger partial charge in [-0.05, 0) is 49.0 Å². The number of hydrogen-bond acceptors (Lipinski definition) is 5. The van der Waals surface area contributed by atoms with Gasteiger partial charge in [0.2, 0.25) is 10.0 Å². The van der Waals surface area contributed by atoms with Crippen molar-refractivity contribution in [3.8, 4) is 5.75 Å². The molecule has 0 saturated heterocycles. The van der Waals surface area contributed by atoms with E-state index in [0.29, 0.717) is 11.6 Å². The van der Waals surface area contributed by atoms with Crippen LogP contribution in [0.3, 0.4) is 0 Å². The number of halogens is 1. The monoisotopic (exact) mass is 453 g/mol. The summed E-state index contributed by atoms with van der Waals surface area (Å²) in [6, 6.07) is 11.2. The summed E-state index contributed by atoms with van der Waals surface area (Å²) >= 11 is 5.86. The number of methoxy groups -OCH3 is 1. The topological polar surface area (TPSA) is 87.7 Å². The summed E-state index contributed by atoms with van der Waals surface area (Å²) in [7, 11) is -2.52. The van der Waals surface area contributed by atoms with Crippen molar-refractivity contribution in [1.82, 2.24) is 14.9 Å². The highest BCUT2D eigenvalue weighted by Crippen LogP contribution is 2.25. The molecule has 0 saturated carbocycles. The van der Waals surface area contributed by atoms with Gasteiger partial charge < -0.3 is 15.0 Å². The van der Waals surface area contributed by atoms with Crippen LogP contribution in [0.1, 0.15) is 29.8 Å². The number of carbonyl (C=O) groups excluding carboxylic acids is 1. The third-order valence-electron chi connectivity index (χ3n) is 4.70. The van der Waals surface area contributed by atoms with Crippen molar-refractivity contribution in [3.05, 3.63) is 58.6 Å². The van der Waals surface area contributed by atoms with Crippen LogP contribution in [-0.2, 0) is 16.6 Å². The quantitative estimate of drug-likeness (QED) is 0.546. The molecule has 0 aliphatic carbocycles. The number of carbonyl (C=O) groups is 1. The van der Waals surface area contributed by atoms with E-state index < -0.39 is 10.0 Å². The van der Waals surface area contributed by atoms with Gasteiger partial charge in [-0.3, -0.25) is 4.79 Å². The summed E-state index contributed by atoms with van der Waals surface area (Å²) in [6.45, 7) is 7.20. The normalized spacial score (nSPS) is 11.5. The maximum Gasteiger partial charge on any atom is 0.251 e. The molecule has 2 aromatic carbocycles. The molecule has 2 aromatic rings. The summed E-state index contributed by atoms with van der Waals surface area (Å²) in [6.07, 6.45) is 0. The Balaban J connectivity index is 2.13. The van der Waals surface area contributed by atoms with Crippen molar-refractivity contribution in [2.24, 2.45) is 0 Å². The molecule has 9 heteroatoms. The Bertz CT molecular complexity index is 945. The molecular formula is C21H28ClN3O4S. The van der Waals surface area contributed by atoms with Crippen LogP contribution in [0, 0.1) is 0 Å². The van der Waals surface area contributed by atoms with Gasteiger partial charge in [0.05, 0.1) is 7.11 Å². The zero-order valence-electron chi connectivity index (χ0n) is 17.4. The smallest absolute Gasteiger partial charge is 0.251 e. The number of ether oxygens (including phenoxy) is 1. The Morgan fingerprint density at radius 2 is 1.77 bits per heavy atom. The highest BCUT2D eigenvalue weighted by molar-refractivity contribution is 7.89. The Labute approximate surface area is 183 Å². The highest BCUT2D eigenvalue weighted by atomic mass is 35.5. The predicted octanol–water partition coefficient (Wildman–Crippen LogP) is 2.90. The number of nitrogens with zero attached hydrogens (tertiary/aromatic N) is 1. The number of amides is 1. The van der Waals surface area contributed by atoms with Gasteiger partial charge in [-0.2, -0.15) is 0 Å². The summed E-state index contributed by atoms with van der Waals surface area (Å²) in [4.78, 5) is 14.6. The first-order valence-electron chi connectivity index (χ1n) is 9.73. The minimum atomic E-state index is -3.91. The van der Waals surface area contributed by atoms with Gasteiger partial charge in [0, 0.05) is 30.2 Å². The molecule has 0 aliphatic heterocycles. The SMILES string of the molecule is CCN(CC)CCNC(=O)c1ccc(OC)c(S(=O)(=O)NCc2ccc(Cl)cc2)c1. The molecule has 0 aromatic heterocycles. The molecule has 0 heterocycles. The van der Waals surface area contributed by atoms with Crippen LogP contribution in [0.25, 0.3) is 0 Å². The molecule has 0 unspecified atom stereocenters. The van der Waals surface area contributed by atoms with E-state index in [4.69, 9.17) is 16.3 Å². The summed E-state index contributed by atoms with van der Waals surface area (Å²) < 4.78 is 33.4. The predicted molar refractivity (Wildman–Crippen MR) is 119 cm³/mol. The van der Waals surface area contributed by atoms with Crippen molar-refractivity contribution in [2.45, 2.75) is 25.3 Å². The first-order valence-corrected chi connectivity index (χ1v) is 11.6. The molecular weight excluding hydrogens is 426 g/mol. The van der Waals surface area contributed by atoms with Crippen LogP contribution in [0.4, 0.5) is 0 Å². The van der Waals surface area contributed by atoms with E-state index in [9.17, 15) is 13.2 Å². The molecule has 0 spiro atoms. The average Bonchev–Trinajstić information content (AvgIpc) is 2.75. The van der Waals surface area contributed by atoms with Gasteiger partial charge >= 0.3 is 0 Å². The van der Waals surface area contributed by atoms with Crippen molar-refractivity contribution >= 4 is 27.5 Å². The number of likely N-dealkylation sites (N-methyl/N-ethyl adjacent to an activating group) is 1. The van der Waals surface area contributed by atoms with E-state index in [1.807, 2.05) is 0 Å². The number of nitrogens with one attached hydrogen (secondary N) is 2. The van der Waals surface area contributed by atoms with E-state index in [2.05, 4.69) is 28.8 Å². The summed E-state index contributed by atoms with van der Waals surface area (Å²) in [5.74, 6) is -0.169. The average molecular weight is 454 g/mol. The van der Waals surface area contributed by atoms with Crippen molar-refractivity contribution < 1.29 is 17.9 Å². The molecule has 0 radical (unpaired) electrons. The molecule has 2 rings (SSSR count). The Kier molecular flexibility index (Phi) is 9.10. The minimum Gasteiger partial charge on any atom is -0.495 e. The van der Waals surface area contributed by atoms with Crippen LogP contribution >= 0.6 is 11.6 Å². The van der Waals surface area contributed by atoms with Crippen molar-refractivity contribution in [2.75, 3.05) is 33.3 Å². The third-order valence-corrected chi connectivity index (χ3v) is 6.38. The summed E-state index contributed by atoms with van der Waals surface area (Å²) in [5.41, 5.74) is 1.01. The first kappa shape index (κ1) is 24.1. The van der Waals surface area contributed by atoms with Crippen molar-refractivity contribution in [3.63, 3.8) is 0 Å². The van der Waals surface area contributed by atoms with Crippen LogP contribution in [-0.4, -0.2) is 52.5 Å². The minimum absolute atomic E-state index is 0.0863. The maximum atomic E-state index is 12.9. The molecule has 0 atom stereocenters. The second-order valence-corrected chi connectivity index (χ2v) is 8.77. The van der Waals surface area contributed by atoms with E-state index >= 15 is 0 Å². The zero-order chi connectivity index (χ0) is 22.1. The van der Waals surface area contributed by atoms with Gasteiger partial charge in [0.15, 0.2) is 0 Å². The fraction of sp³-hybridized carbons (Fsp3) is 0.381. The van der Waals surface area contributed by atoms with Gasteiger partial charge in [0.25, 0.3) is 5.91 Å². The highest BCUT2D eigenvalue weighted by Gasteiger charge is 2.21. The lowest BCUT2D eigenvalue weighted by Crippen LogP contribution is -2.34. The molecule has 7 nitrogen and oxygen atoms in total. The standard InChI is InChI=1S/C21H28ClN3O4S/c1-4-25(5-2)13-12-23-21(26)17-8-11-19(29-3)20(14-17)30(27,28)24-15-16-6-9-18(22)10-7-16/h6-11,14,24H,4-5,12-13,15H2,1-3H3,(H,23,26). The number of benzene rings is 2. The van der Waals surface area contributed by atoms with Gasteiger partial charge in [-0.1, -0.05) is 37.6 Å². The van der Waals surface area contributed by atoms with Crippen LogP contribution in [0.15, 0.2) is 47.4 Å². The largest absolute Gasteiger partial charge is 0.495 e. The second-order valence-electron chi connectivity index (χ2n) is 6.60. The molecule has 164 valence electrons. The van der Waals surface area contributed by atoms with E-state index in [1.165, 1.54) is 19.2 Å². The van der Waals surface area contributed by atoms with Crippen LogP contribution in [0.5, 0.6) is 5.75 Å². The lowest BCUT2D eigenvalue weighted by Gasteiger charge is -2.18. The van der Waals surface area contributed by atoms with E-state index in [-0.39, 0.29) is 28.7 Å². The second kappa shape index (κ2) is 11.3.